The van der Waals surface area contributed by atoms with E-state index in [1.165, 1.54) is 0 Å². The van der Waals surface area contributed by atoms with Crippen molar-refractivity contribution >= 4 is 5.78 Å². The number of carbonyl (C=O) groups is 1. The van der Waals surface area contributed by atoms with Crippen LogP contribution in [0.5, 0.6) is 0 Å². The van der Waals surface area contributed by atoms with E-state index in [-0.39, 0.29) is 5.78 Å². The number of fused-ring (bicyclic) bond motifs is 3. The van der Waals surface area contributed by atoms with E-state index in [1.54, 1.807) is 17.1 Å². The van der Waals surface area contributed by atoms with Gasteiger partial charge in [0.25, 0.3) is 0 Å². The van der Waals surface area contributed by atoms with Gasteiger partial charge in [0.05, 0.1) is 11.3 Å². The summed E-state index contributed by atoms with van der Waals surface area (Å²) >= 11 is 0. The van der Waals surface area contributed by atoms with Crippen LogP contribution in [-0.2, 0) is 7.05 Å². The molecule has 1 aliphatic carbocycles. The molecule has 0 bridgehead atoms. The first-order valence-electron chi connectivity index (χ1n) is 6.39. The van der Waals surface area contributed by atoms with Crippen LogP contribution in [0.3, 0.4) is 0 Å². The summed E-state index contributed by atoms with van der Waals surface area (Å²) < 4.78 is 1.78. The Bertz CT molecular complexity index is 834. The number of ketones is 1. The van der Waals surface area contributed by atoms with Gasteiger partial charge in [-0.1, -0.05) is 24.3 Å². The quantitative estimate of drug-likeness (QED) is 0.529. The molecule has 1 aromatic carbocycles. The van der Waals surface area contributed by atoms with Gasteiger partial charge >= 0.3 is 0 Å². The van der Waals surface area contributed by atoms with Gasteiger partial charge in [0.1, 0.15) is 5.69 Å². The molecule has 4 nitrogen and oxygen atoms in total. The molecule has 0 radical (unpaired) electrons. The van der Waals surface area contributed by atoms with Crippen LogP contribution < -0.4 is 0 Å². The maximum absolute atomic E-state index is 12.6. The Morgan fingerprint density at radius 3 is 2.60 bits per heavy atom. The zero-order chi connectivity index (χ0) is 13.7. The smallest absolute Gasteiger partial charge is 0.198 e. The minimum absolute atomic E-state index is 0.0440. The van der Waals surface area contributed by atoms with Gasteiger partial charge in [-0.25, -0.2) is 0 Å². The molecule has 0 saturated carbocycles. The summed E-state index contributed by atoms with van der Waals surface area (Å²) in [5.41, 5.74) is 4.85. The molecule has 4 heteroatoms. The monoisotopic (exact) mass is 261 g/mol. The van der Waals surface area contributed by atoms with Gasteiger partial charge in [0, 0.05) is 36.1 Å². The molecular formula is C16H11N3O. The second-order valence-corrected chi connectivity index (χ2v) is 4.81. The van der Waals surface area contributed by atoms with Gasteiger partial charge in [-0.05, 0) is 12.1 Å². The Labute approximate surface area is 115 Å². The lowest BCUT2D eigenvalue weighted by Crippen LogP contribution is -1.98. The maximum Gasteiger partial charge on any atom is 0.198 e. The summed E-state index contributed by atoms with van der Waals surface area (Å²) in [6, 6.07) is 11.4. The van der Waals surface area contributed by atoms with E-state index in [4.69, 9.17) is 0 Å². The fourth-order valence-electron chi connectivity index (χ4n) is 2.78. The molecule has 0 amide bonds. The predicted octanol–water partition coefficient (Wildman–Crippen LogP) is 2.69. The van der Waals surface area contributed by atoms with E-state index in [1.807, 2.05) is 43.4 Å². The second kappa shape index (κ2) is 3.87. The Morgan fingerprint density at radius 1 is 1.05 bits per heavy atom. The normalized spacial score (nSPS) is 12.3. The van der Waals surface area contributed by atoms with Crippen molar-refractivity contribution in [3.63, 3.8) is 0 Å². The summed E-state index contributed by atoms with van der Waals surface area (Å²) in [7, 11) is 1.87. The van der Waals surface area contributed by atoms with E-state index < -0.39 is 0 Å². The van der Waals surface area contributed by atoms with Gasteiger partial charge in [0.15, 0.2) is 5.78 Å². The molecule has 0 fully saturated rings. The van der Waals surface area contributed by atoms with Crippen LogP contribution in [0.25, 0.3) is 22.5 Å². The molecule has 1 aliphatic rings. The van der Waals surface area contributed by atoms with Crippen LogP contribution in [0.2, 0.25) is 0 Å². The van der Waals surface area contributed by atoms with E-state index >= 15 is 0 Å². The van der Waals surface area contributed by atoms with Gasteiger partial charge in [-0.3, -0.25) is 14.5 Å². The number of pyridine rings is 1. The third-order valence-electron chi connectivity index (χ3n) is 3.64. The topological polar surface area (TPSA) is 47.8 Å². The fourth-order valence-corrected chi connectivity index (χ4v) is 2.78. The zero-order valence-corrected chi connectivity index (χ0v) is 10.9. The Kier molecular flexibility index (Phi) is 2.15. The van der Waals surface area contributed by atoms with Crippen LogP contribution in [0, 0.1) is 0 Å². The van der Waals surface area contributed by atoms with E-state index in [2.05, 4.69) is 10.1 Å². The zero-order valence-electron chi connectivity index (χ0n) is 10.9. The first kappa shape index (κ1) is 11.1. The highest BCUT2D eigenvalue weighted by Gasteiger charge is 2.33. The van der Waals surface area contributed by atoms with Crippen LogP contribution in [-0.4, -0.2) is 20.5 Å². The average Bonchev–Trinajstić information content (AvgIpc) is 2.98. The molecule has 2 aromatic heterocycles. The minimum Gasteiger partial charge on any atom is -0.288 e. The molecule has 0 atom stereocenters. The third kappa shape index (κ3) is 1.33. The van der Waals surface area contributed by atoms with Gasteiger partial charge < -0.3 is 0 Å². The van der Waals surface area contributed by atoms with Crippen molar-refractivity contribution in [1.82, 2.24) is 14.8 Å². The van der Waals surface area contributed by atoms with Gasteiger partial charge in [0.2, 0.25) is 0 Å². The molecule has 96 valence electrons. The summed E-state index contributed by atoms with van der Waals surface area (Å²) in [6.45, 7) is 0. The molecule has 2 heterocycles. The van der Waals surface area contributed by atoms with Gasteiger partial charge in [-0.15, -0.1) is 0 Å². The van der Waals surface area contributed by atoms with Crippen molar-refractivity contribution in [2.24, 2.45) is 7.05 Å². The third-order valence-corrected chi connectivity index (χ3v) is 3.64. The van der Waals surface area contributed by atoms with Crippen LogP contribution in [0.4, 0.5) is 0 Å². The van der Waals surface area contributed by atoms with Crippen LogP contribution in [0.1, 0.15) is 15.9 Å². The lowest BCUT2D eigenvalue weighted by molar-refractivity contribution is 0.104. The first-order valence-corrected chi connectivity index (χ1v) is 6.39. The summed E-state index contributed by atoms with van der Waals surface area (Å²) in [5, 5.41) is 4.51. The maximum atomic E-state index is 12.6. The Morgan fingerprint density at radius 2 is 1.85 bits per heavy atom. The van der Waals surface area contributed by atoms with Crippen molar-refractivity contribution in [2.75, 3.05) is 0 Å². The minimum atomic E-state index is 0.0440. The lowest BCUT2D eigenvalue weighted by Gasteiger charge is -2.00. The first-order chi connectivity index (χ1) is 9.77. The molecule has 0 N–H and O–H groups in total. The Balaban J connectivity index is 2.04. The number of benzene rings is 1. The molecule has 0 saturated heterocycles. The number of nitrogens with zero attached hydrogens (tertiary/aromatic N) is 3. The van der Waals surface area contributed by atoms with Crippen LogP contribution >= 0.6 is 0 Å². The van der Waals surface area contributed by atoms with Crippen molar-refractivity contribution in [3.05, 3.63) is 59.9 Å². The molecule has 0 spiro atoms. The van der Waals surface area contributed by atoms with Crippen LogP contribution in [0.15, 0.2) is 48.8 Å². The summed E-state index contributed by atoms with van der Waals surface area (Å²) in [6.07, 6.45) is 3.45. The fraction of sp³-hybridized carbons (Fsp3) is 0.0625. The standard InChI is InChI=1S/C16H11N3O/c1-19-15-11-6-2-3-7-12(11)16(20)13(15)14(18-19)10-5-4-8-17-9-10/h2-9H,1H3. The van der Waals surface area contributed by atoms with Crippen molar-refractivity contribution < 1.29 is 4.79 Å². The largest absolute Gasteiger partial charge is 0.288 e. The van der Waals surface area contributed by atoms with Crippen molar-refractivity contribution in [2.45, 2.75) is 0 Å². The SMILES string of the molecule is Cn1nc(-c2cccnc2)c2c1-c1ccccc1C2=O. The number of aromatic nitrogens is 3. The van der Waals surface area contributed by atoms with E-state index in [0.717, 1.165) is 22.4 Å². The number of aryl methyl sites for hydroxylation is 1. The molecule has 0 aliphatic heterocycles. The van der Waals surface area contributed by atoms with Gasteiger partial charge in [-0.2, -0.15) is 5.10 Å². The highest BCUT2D eigenvalue weighted by atomic mass is 16.1. The molecule has 3 aromatic rings. The molecule has 20 heavy (non-hydrogen) atoms. The number of hydrogen-bond donors (Lipinski definition) is 0. The van der Waals surface area contributed by atoms with Crippen molar-refractivity contribution in [1.29, 1.82) is 0 Å². The Hall–Kier alpha value is -2.75. The summed E-state index contributed by atoms with van der Waals surface area (Å²) in [5.74, 6) is 0.0440. The molecular weight excluding hydrogens is 250 g/mol. The second-order valence-electron chi connectivity index (χ2n) is 4.81. The predicted molar refractivity (Wildman–Crippen MR) is 75.3 cm³/mol. The number of rotatable bonds is 1. The highest BCUT2D eigenvalue weighted by molar-refractivity contribution is 6.23. The molecule has 4 rings (SSSR count). The molecule has 0 unspecified atom stereocenters. The van der Waals surface area contributed by atoms with E-state index in [0.29, 0.717) is 11.3 Å². The number of hydrogen-bond acceptors (Lipinski definition) is 3. The average molecular weight is 261 g/mol. The van der Waals surface area contributed by atoms with E-state index in [9.17, 15) is 4.79 Å². The number of carbonyl (C=O) groups excluding carboxylic acids is 1. The lowest BCUT2D eigenvalue weighted by atomic mass is 10.1. The summed E-state index contributed by atoms with van der Waals surface area (Å²) in [4.78, 5) is 16.7. The highest BCUT2D eigenvalue weighted by Crippen LogP contribution is 2.40. The van der Waals surface area contributed by atoms with Crippen molar-refractivity contribution in [3.8, 4) is 22.5 Å².